The van der Waals surface area contributed by atoms with Gasteiger partial charge in [0.15, 0.2) is 5.82 Å². The number of phenolic OH excluding ortho intramolecular Hbond substituents is 1. The van der Waals surface area contributed by atoms with Crippen LogP contribution in [-0.2, 0) is 16.0 Å². The van der Waals surface area contributed by atoms with E-state index in [2.05, 4.69) is 9.88 Å². The molecule has 8 rings (SSSR count). The average Bonchev–Trinajstić information content (AvgIpc) is 3.82. The molecule has 264 valence electrons. The number of phenols is 1. The number of alkyl halides is 3. The van der Waals surface area contributed by atoms with E-state index >= 15 is 4.39 Å². The lowest BCUT2D eigenvalue weighted by Crippen LogP contribution is -2.59. The van der Waals surface area contributed by atoms with Gasteiger partial charge in [-0.25, -0.2) is 4.39 Å². The van der Waals surface area contributed by atoms with E-state index in [1.807, 2.05) is 42.2 Å². The van der Waals surface area contributed by atoms with Gasteiger partial charge in [0.1, 0.15) is 17.1 Å². The number of ether oxygens (including phenoxy) is 2. The van der Waals surface area contributed by atoms with Crippen LogP contribution in [0.15, 0.2) is 42.5 Å². The number of hydrogen-bond donors (Lipinski definition) is 1. The molecule has 3 aliphatic heterocycles. The van der Waals surface area contributed by atoms with Crippen molar-refractivity contribution < 1.29 is 36.9 Å². The van der Waals surface area contributed by atoms with E-state index in [1.165, 1.54) is 0 Å². The third-order valence-corrected chi connectivity index (χ3v) is 10.9. The number of carbonyl (C=O) groups is 1. The van der Waals surface area contributed by atoms with Gasteiger partial charge >= 0.3 is 18.1 Å². The number of anilines is 1. The lowest BCUT2D eigenvalue weighted by atomic mass is 9.91. The minimum absolute atomic E-state index is 0.00300. The van der Waals surface area contributed by atoms with Crippen LogP contribution in [-0.4, -0.2) is 102 Å². The molecule has 0 spiro atoms. The predicted octanol–water partition coefficient (Wildman–Crippen LogP) is 6.09. The maximum Gasteiger partial charge on any atom is 0.471 e. The topological polar surface area (TPSA) is 91.3 Å². The first-order valence-electron chi connectivity index (χ1n) is 17.4. The van der Waals surface area contributed by atoms with Crippen LogP contribution in [0.1, 0.15) is 38.2 Å². The lowest BCUT2D eigenvalue weighted by molar-refractivity contribution is -0.188. The monoisotopic (exact) mass is 693 g/mol. The zero-order valence-electron chi connectivity index (χ0n) is 27.8. The quantitative estimate of drug-likeness (QED) is 0.222. The second-order valence-corrected chi connectivity index (χ2v) is 14.2. The molecule has 50 heavy (non-hydrogen) atoms. The Bertz CT molecular complexity index is 1950. The highest BCUT2D eigenvalue weighted by molar-refractivity contribution is 6.02. The molecule has 2 bridgehead atoms. The summed E-state index contributed by atoms with van der Waals surface area (Å²) in [6.45, 7) is 6.41. The van der Waals surface area contributed by atoms with E-state index in [9.17, 15) is 23.1 Å². The first-order valence-corrected chi connectivity index (χ1v) is 17.4. The van der Waals surface area contributed by atoms with E-state index in [0.29, 0.717) is 67.0 Å². The summed E-state index contributed by atoms with van der Waals surface area (Å²) < 4.78 is 69.7. The number of halogens is 4. The van der Waals surface area contributed by atoms with Crippen molar-refractivity contribution in [1.29, 1.82) is 0 Å². The standard InChI is InChI=1S/C37H39F4N5O4/c1-2-22-16-29-32(31(38)30(22)28-17-26(47)15-23-5-3-4-6-27(23)28)42-35(50-21-36(9-10-36)20-44-11-13-49-14-12-44)43-33(29)45-18-24-7-8-25(19-45)46(24)34(48)37(39,40)41/h3-6,15-17,24-25,47H,2,7-14,18-21H2,1H3. The third kappa shape index (κ3) is 5.97. The number of fused-ring (bicyclic) bond motifs is 4. The van der Waals surface area contributed by atoms with E-state index in [1.54, 1.807) is 12.1 Å². The van der Waals surface area contributed by atoms with Crippen molar-refractivity contribution in [2.75, 3.05) is 57.4 Å². The molecule has 0 radical (unpaired) electrons. The summed E-state index contributed by atoms with van der Waals surface area (Å²) >= 11 is 0. The molecule has 13 heteroatoms. The molecule has 3 aromatic carbocycles. The van der Waals surface area contributed by atoms with Crippen LogP contribution in [0.3, 0.4) is 0 Å². The van der Waals surface area contributed by atoms with Gasteiger partial charge in [-0.3, -0.25) is 9.69 Å². The Morgan fingerprint density at radius 3 is 2.44 bits per heavy atom. The Morgan fingerprint density at radius 2 is 1.76 bits per heavy atom. The molecule has 9 nitrogen and oxygen atoms in total. The summed E-state index contributed by atoms with van der Waals surface area (Å²) in [5.41, 5.74) is 1.47. The summed E-state index contributed by atoms with van der Waals surface area (Å²) in [5, 5.41) is 12.6. The zero-order valence-corrected chi connectivity index (χ0v) is 27.8. The maximum atomic E-state index is 17.2. The molecule has 1 N–H and O–H groups in total. The number of benzene rings is 3. The minimum atomic E-state index is -4.96. The molecule has 4 aliphatic rings. The predicted molar refractivity (Wildman–Crippen MR) is 180 cm³/mol. The average molecular weight is 694 g/mol. The smallest absolute Gasteiger partial charge is 0.471 e. The molecule has 4 fully saturated rings. The number of hydrogen-bond acceptors (Lipinski definition) is 8. The Labute approximate surface area is 286 Å². The Hall–Kier alpha value is -4.23. The third-order valence-electron chi connectivity index (χ3n) is 10.9. The molecule has 2 atom stereocenters. The SMILES string of the molecule is CCc1cc2c(N3CC4CCC(C3)N4C(=O)C(F)(F)F)nc(OCC3(CN4CCOCC4)CC3)nc2c(F)c1-c1cc(O)cc2ccccc12. The first-order chi connectivity index (χ1) is 24.0. The highest BCUT2D eigenvalue weighted by Gasteiger charge is 2.52. The lowest BCUT2D eigenvalue weighted by Gasteiger charge is -2.42. The number of aromatic hydroxyl groups is 1. The molecule has 1 saturated carbocycles. The Morgan fingerprint density at radius 1 is 1.04 bits per heavy atom. The largest absolute Gasteiger partial charge is 0.508 e. The normalized spacial score (nSPS) is 22.0. The molecule has 2 unspecified atom stereocenters. The molecule has 4 heterocycles. The Kier molecular flexibility index (Phi) is 8.25. The zero-order chi connectivity index (χ0) is 34.8. The van der Waals surface area contributed by atoms with Gasteiger partial charge < -0.3 is 24.4 Å². The van der Waals surface area contributed by atoms with Gasteiger partial charge in [-0.1, -0.05) is 31.2 Å². The van der Waals surface area contributed by atoms with Gasteiger partial charge in [0.05, 0.1) is 31.9 Å². The van der Waals surface area contributed by atoms with Gasteiger partial charge in [0.2, 0.25) is 0 Å². The second kappa shape index (κ2) is 12.5. The summed E-state index contributed by atoms with van der Waals surface area (Å²) in [7, 11) is 0. The number of amides is 1. The summed E-state index contributed by atoms with van der Waals surface area (Å²) in [4.78, 5) is 27.1. The van der Waals surface area contributed by atoms with Crippen molar-refractivity contribution in [1.82, 2.24) is 19.8 Å². The maximum absolute atomic E-state index is 17.2. The molecular weight excluding hydrogens is 654 g/mol. The van der Waals surface area contributed by atoms with E-state index in [-0.39, 0.29) is 35.8 Å². The number of aryl methyl sites for hydroxylation is 1. The fourth-order valence-electron chi connectivity index (χ4n) is 8.15. The van der Waals surface area contributed by atoms with Crippen LogP contribution in [0.25, 0.3) is 32.8 Å². The van der Waals surface area contributed by atoms with Gasteiger partial charge in [0.25, 0.3) is 0 Å². The number of nitrogens with zero attached hydrogens (tertiary/aromatic N) is 5. The number of rotatable bonds is 8. The van der Waals surface area contributed by atoms with Gasteiger partial charge in [-0.15, -0.1) is 0 Å². The minimum Gasteiger partial charge on any atom is -0.508 e. The molecule has 3 saturated heterocycles. The number of carbonyl (C=O) groups excluding carboxylic acids is 1. The molecule has 1 aliphatic carbocycles. The van der Waals surface area contributed by atoms with Crippen LogP contribution in [0.4, 0.5) is 23.4 Å². The van der Waals surface area contributed by atoms with Crippen molar-refractivity contribution in [3.63, 3.8) is 0 Å². The fourth-order valence-corrected chi connectivity index (χ4v) is 8.15. The number of piperazine rings is 1. The van der Waals surface area contributed by atoms with Crippen LogP contribution in [0.5, 0.6) is 11.8 Å². The van der Waals surface area contributed by atoms with Crippen molar-refractivity contribution >= 4 is 33.4 Å². The van der Waals surface area contributed by atoms with Crippen molar-refractivity contribution in [3.8, 4) is 22.9 Å². The van der Waals surface area contributed by atoms with Crippen molar-refractivity contribution in [3.05, 3.63) is 53.8 Å². The van der Waals surface area contributed by atoms with E-state index < -0.39 is 30.0 Å². The fraction of sp³-hybridized carbons (Fsp3) is 0.486. The second-order valence-electron chi connectivity index (χ2n) is 14.2. The molecule has 4 aromatic rings. The van der Waals surface area contributed by atoms with Crippen LogP contribution in [0.2, 0.25) is 0 Å². The van der Waals surface area contributed by atoms with Crippen LogP contribution < -0.4 is 9.64 Å². The van der Waals surface area contributed by atoms with Crippen molar-refractivity contribution in [2.24, 2.45) is 5.41 Å². The highest BCUT2D eigenvalue weighted by Crippen LogP contribution is 2.47. The van der Waals surface area contributed by atoms with E-state index in [0.717, 1.165) is 48.1 Å². The molecule has 1 aromatic heterocycles. The molecule has 1 amide bonds. The van der Waals surface area contributed by atoms with E-state index in [4.69, 9.17) is 14.5 Å². The number of morpholine rings is 1. The van der Waals surface area contributed by atoms with Gasteiger partial charge in [0, 0.05) is 49.1 Å². The summed E-state index contributed by atoms with van der Waals surface area (Å²) in [6.07, 6.45) is -1.69. The summed E-state index contributed by atoms with van der Waals surface area (Å²) in [5.74, 6) is -2.03. The summed E-state index contributed by atoms with van der Waals surface area (Å²) in [6, 6.07) is 11.2. The highest BCUT2D eigenvalue weighted by atomic mass is 19.4. The molecular formula is C37H39F4N5O4. The van der Waals surface area contributed by atoms with Gasteiger partial charge in [-0.2, -0.15) is 23.1 Å². The number of aromatic nitrogens is 2. The van der Waals surface area contributed by atoms with Crippen LogP contribution in [0, 0.1) is 11.2 Å². The van der Waals surface area contributed by atoms with Crippen LogP contribution >= 0.6 is 0 Å². The first kappa shape index (κ1) is 32.9. The van der Waals surface area contributed by atoms with Gasteiger partial charge in [-0.05, 0) is 72.2 Å². The Balaban J connectivity index is 1.22. The van der Waals surface area contributed by atoms with Crippen molar-refractivity contribution in [2.45, 2.75) is 57.3 Å².